The number of hydrogen-bond acceptors (Lipinski definition) is 6. The van der Waals surface area contributed by atoms with Crippen molar-refractivity contribution in [2.24, 2.45) is 5.92 Å². The number of halogens is 4. The molecule has 3 aromatic rings. The number of benzene rings is 2. The molecule has 1 fully saturated rings. The van der Waals surface area contributed by atoms with E-state index in [1.807, 2.05) is 0 Å². The van der Waals surface area contributed by atoms with E-state index in [9.17, 15) is 22.4 Å². The maximum Gasteiger partial charge on any atom is 0.416 e. The molecule has 0 saturated heterocycles. The first-order valence-corrected chi connectivity index (χ1v) is 11.6. The zero-order valence-corrected chi connectivity index (χ0v) is 19.6. The van der Waals surface area contributed by atoms with Gasteiger partial charge in [0.25, 0.3) is 0 Å². The van der Waals surface area contributed by atoms with Gasteiger partial charge in [0.2, 0.25) is 17.8 Å². The SMILES string of the molecule is CNc1nc(N[C@@H]2CCC[C@H](C(=O)NCc3ccccc3C(F)(F)F)C2)nc(-c2ccccc2F)n1. The van der Waals surface area contributed by atoms with Crippen molar-refractivity contribution < 1.29 is 22.4 Å². The summed E-state index contributed by atoms with van der Waals surface area (Å²) in [6, 6.07) is 11.2. The van der Waals surface area contributed by atoms with Gasteiger partial charge in [-0.3, -0.25) is 4.79 Å². The maximum absolute atomic E-state index is 14.3. The summed E-state index contributed by atoms with van der Waals surface area (Å²) in [5.74, 6) is -0.443. The zero-order valence-electron chi connectivity index (χ0n) is 19.6. The van der Waals surface area contributed by atoms with Crippen LogP contribution in [0, 0.1) is 11.7 Å². The van der Waals surface area contributed by atoms with Crippen molar-refractivity contribution in [1.82, 2.24) is 20.3 Å². The summed E-state index contributed by atoms with van der Waals surface area (Å²) in [5, 5.41) is 8.72. The van der Waals surface area contributed by atoms with E-state index in [-0.39, 0.29) is 53.3 Å². The van der Waals surface area contributed by atoms with Crippen molar-refractivity contribution in [3.8, 4) is 11.4 Å². The van der Waals surface area contributed by atoms with Crippen LogP contribution in [0.5, 0.6) is 0 Å². The summed E-state index contributed by atoms with van der Waals surface area (Å²) >= 11 is 0. The number of anilines is 2. The fourth-order valence-electron chi connectivity index (χ4n) is 4.33. The first-order chi connectivity index (χ1) is 17.2. The van der Waals surface area contributed by atoms with E-state index in [0.717, 1.165) is 18.9 Å². The number of nitrogens with one attached hydrogen (secondary N) is 3. The molecular formula is C25H26F4N6O. The third kappa shape index (κ3) is 6.07. The normalized spacial score (nSPS) is 17.9. The Morgan fingerprint density at radius 3 is 2.47 bits per heavy atom. The standard InChI is InChI=1S/C25H26F4N6O/c1-30-23-33-21(18-10-3-5-12-20(18)26)34-24(35-23)32-17-9-6-8-15(13-17)22(36)31-14-16-7-2-4-11-19(16)25(27,28)29/h2-5,7,10-12,15,17H,6,8-9,13-14H2,1H3,(H,31,36)(H2,30,32,33,34,35)/t15-,17+/m0/s1. The Bertz CT molecular complexity index is 1220. The number of nitrogens with zero attached hydrogens (tertiary/aromatic N) is 3. The van der Waals surface area contributed by atoms with Crippen LogP contribution in [0.3, 0.4) is 0 Å². The van der Waals surface area contributed by atoms with Gasteiger partial charge in [0, 0.05) is 25.6 Å². The van der Waals surface area contributed by atoms with Crippen LogP contribution in [0.15, 0.2) is 48.5 Å². The fraction of sp³-hybridized carbons (Fsp3) is 0.360. The molecule has 1 aliphatic carbocycles. The molecule has 1 aromatic heterocycles. The Balaban J connectivity index is 1.42. The number of alkyl halides is 3. The van der Waals surface area contributed by atoms with Gasteiger partial charge in [0.05, 0.1) is 11.1 Å². The molecule has 11 heteroatoms. The first-order valence-electron chi connectivity index (χ1n) is 11.6. The highest BCUT2D eigenvalue weighted by molar-refractivity contribution is 5.78. The van der Waals surface area contributed by atoms with E-state index < -0.39 is 17.6 Å². The molecule has 7 nitrogen and oxygen atoms in total. The lowest BCUT2D eigenvalue weighted by molar-refractivity contribution is -0.138. The minimum atomic E-state index is -4.49. The highest BCUT2D eigenvalue weighted by atomic mass is 19.4. The Labute approximate surface area is 205 Å². The molecule has 0 bridgehead atoms. The molecule has 3 N–H and O–H groups in total. The lowest BCUT2D eigenvalue weighted by Gasteiger charge is -2.29. The first kappa shape index (κ1) is 25.3. The molecule has 0 aliphatic heterocycles. The van der Waals surface area contributed by atoms with Gasteiger partial charge >= 0.3 is 6.18 Å². The van der Waals surface area contributed by atoms with Crippen molar-refractivity contribution in [3.63, 3.8) is 0 Å². The van der Waals surface area contributed by atoms with Gasteiger partial charge in [-0.25, -0.2) is 4.39 Å². The molecule has 36 heavy (non-hydrogen) atoms. The molecule has 0 spiro atoms. The van der Waals surface area contributed by atoms with Crippen LogP contribution in [0.2, 0.25) is 0 Å². The predicted octanol–water partition coefficient (Wildman–Crippen LogP) is 5.03. The largest absolute Gasteiger partial charge is 0.416 e. The summed E-state index contributed by atoms with van der Waals surface area (Å²) in [6.45, 7) is -0.200. The molecule has 0 radical (unpaired) electrons. The van der Waals surface area contributed by atoms with E-state index >= 15 is 0 Å². The van der Waals surface area contributed by atoms with Crippen LogP contribution in [-0.2, 0) is 17.5 Å². The molecule has 2 aromatic carbocycles. The van der Waals surface area contributed by atoms with Crippen molar-refractivity contribution in [2.75, 3.05) is 17.7 Å². The molecular weight excluding hydrogens is 476 g/mol. The Kier molecular flexibility index (Phi) is 7.66. The maximum atomic E-state index is 14.3. The monoisotopic (exact) mass is 502 g/mol. The summed E-state index contributed by atoms with van der Waals surface area (Å²) in [7, 11) is 1.64. The summed E-state index contributed by atoms with van der Waals surface area (Å²) in [6.07, 6.45) is -1.89. The highest BCUT2D eigenvalue weighted by Gasteiger charge is 2.33. The molecule has 1 heterocycles. The summed E-state index contributed by atoms with van der Waals surface area (Å²) < 4.78 is 54.0. The second-order valence-corrected chi connectivity index (χ2v) is 8.61. The van der Waals surface area contributed by atoms with Gasteiger partial charge in [-0.15, -0.1) is 0 Å². The van der Waals surface area contributed by atoms with Crippen LogP contribution in [0.25, 0.3) is 11.4 Å². The van der Waals surface area contributed by atoms with E-state index in [2.05, 4.69) is 30.9 Å². The molecule has 4 rings (SSSR count). The van der Waals surface area contributed by atoms with Crippen molar-refractivity contribution in [2.45, 2.75) is 44.4 Å². The van der Waals surface area contributed by atoms with Gasteiger partial charge in [0.15, 0.2) is 5.82 Å². The Hall–Kier alpha value is -3.76. The number of carbonyl (C=O) groups excluding carboxylic acids is 1. The van der Waals surface area contributed by atoms with Crippen molar-refractivity contribution in [1.29, 1.82) is 0 Å². The van der Waals surface area contributed by atoms with E-state index in [0.29, 0.717) is 12.8 Å². The Morgan fingerprint density at radius 2 is 1.72 bits per heavy atom. The minimum Gasteiger partial charge on any atom is -0.357 e. The smallest absolute Gasteiger partial charge is 0.357 e. The zero-order chi connectivity index (χ0) is 25.7. The quantitative estimate of drug-likeness (QED) is 0.393. The molecule has 1 aliphatic rings. The average molecular weight is 503 g/mol. The lowest BCUT2D eigenvalue weighted by Crippen LogP contribution is -2.37. The third-order valence-corrected chi connectivity index (χ3v) is 6.13. The summed E-state index contributed by atoms with van der Waals surface area (Å²) in [4.78, 5) is 25.7. The molecule has 1 saturated carbocycles. The number of rotatable bonds is 7. The van der Waals surface area contributed by atoms with Crippen LogP contribution >= 0.6 is 0 Å². The van der Waals surface area contributed by atoms with Crippen LogP contribution < -0.4 is 16.0 Å². The van der Waals surface area contributed by atoms with Gasteiger partial charge < -0.3 is 16.0 Å². The Morgan fingerprint density at radius 1 is 1.00 bits per heavy atom. The van der Waals surface area contributed by atoms with E-state index in [4.69, 9.17) is 0 Å². The number of aromatic nitrogens is 3. The van der Waals surface area contributed by atoms with Crippen LogP contribution in [0.1, 0.15) is 36.8 Å². The number of hydrogen-bond donors (Lipinski definition) is 3. The predicted molar refractivity (Wildman–Crippen MR) is 127 cm³/mol. The van der Waals surface area contributed by atoms with E-state index in [1.54, 1.807) is 25.2 Å². The van der Waals surface area contributed by atoms with E-state index in [1.165, 1.54) is 24.3 Å². The van der Waals surface area contributed by atoms with Crippen LogP contribution in [-0.4, -0.2) is 33.9 Å². The van der Waals surface area contributed by atoms with Gasteiger partial charge in [-0.2, -0.15) is 28.1 Å². The highest BCUT2D eigenvalue weighted by Crippen LogP contribution is 2.32. The van der Waals surface area contributed by atoms with Gasteiger partial charge in [-0.1, -0.05) is 36.8 Å². The second-order valence-electron chi connectivity index (χ2n) is 8.61. The lowest BCUT2D eigenvalue weighted by atomic mass is 9.85. The van der Waals surface area contributed by atoms with Crippen molar-refractivity contribution in [3.05, 3.63) is 65.5 Å². The number of carbonyl (C=O) groups is 1. The van der Waals surface area contributed by atoms with Crippen LogP contribution in [0.4, 0.5) is 29.5 Å². The molecule has 1 amide bonds. The molecule has 190 valence electrons. The fourth-order valence-corrected chi connectivity index (χ4v) is 4.33. The van der Waals surface area contributed by atoms with Crippen molar-refractivity contribution >= 4 is 17.8 Å². The van der Waals surface area contributed by atoms with Gasteiger partial charge in [-0.05, 0) is 43.0 Å². The molecule has 2 atom stereocenters. The topological polar surface area (TPSA) is 91.8 Å². The molecule has 0 unspecified atom stereocenters. The number of amides is 1. The minimum absolute atomic E-state index is 0.0225. The second kappa shape index (κ2) is 10.9. The third-order valence-electron chi connectivity index (χ3n) is 6.13. The average Bonchev–Trinajstić information content (AvgIpc) is 2.87. The summed E-state index contributed by atoms with van der Waals surface area (Å²) in [5.41, 5.74) is -0.497. The van der Waals surface area contributed by atoms with Gasteiger partial charge in [0.1, 0.15) is 5.82 Å².